The van der Waals surface area contributed by atoms with Crippen LogP contribution >= 0.6 is 22.7 Å². The number of hydrogen-bond acceptors (Lipinski definition) is 6. The number of amides is 1. The van der Waals surface area contributed by atoms with Gasteiger partial charge in [-0.25, -0.2) is 4.98 Å². The van der Waals surface area contributed by atoms with Gasteiger partial charge in [-0.15, -0.1) is 22.7 Å². The molecule has 5 nitrogen and oxygen atoms in total. The second-order valence-electron chi connectivity index (χ2n) is 3.35. The number of nitrogens with one attached hydrogen (secondary N) is 1. The monoisotopic (exact) mass is 277 g/mol. The molecular weight excluding hydrogens is 270 g/mol. The summed E-state index contributed by atoms with van der Waals surface area (Å²) in [6, 6.07) is 5.46. The van der Waals surface area contributed by atoms with Crippen LogP contribution in [-0.4, -0.2) is 16.0 Å². The normalized spacial score (nSPS) is 10.4. The maximum Gasteiger partial charge on any atom is 0.296 e. The van der Waals surface area contributed by atoms with Gasteiger partial charge in [0.2, 0.25) is 5.76 Å². The number of nitrogens with zero attached hydrogens (tertiary/aromatic N) is 2. The van der Waals surface area contributed by atoms with E-state index in [1.807, 2.05) is 22.9 Å². The van der Waals surface area contributed by atoms with Crippen molar-refractivity contribution in [3.8, 4) is 10.6 Å². The number of thiophene rings is 1. The van der Waals surface area contributed by atoms with Crippen LogP contribution in [0.5, 0.6) is 0 Å². The minimum absolute atomic E-state index is 0.169. The molecular formula is C11H7N3O2S2. The fourth-order valence-corrected chi connectivity index (χ4v) is 2.83. The molecule has 3 aromatic heterocycles. The lowest BCUT2D eigenvalue weighted by Gasteiger charge is -1.95. The summed E-state index contributed by atoms with van der Waals surface area (Å²) >= 11 is 2.98. The second-order valence-corrected chi connectivity index (χ2v) is 5.15. The largest absolute Gasteiger partial charge is 0.351 e. The zero-order valence-corrected chi connectivity index (χ0v) is 10.6. The highest BCUT2D eigenvalue weighted by atomic mass is 32.1. The van der Waals surface area contributed by atoms with Crippen LogP contribution in [0.3, 0.4) is 0 Å². The fourth-order valence-electron chi connectivity index (χ4n) is 1.36. The van der Waals surface area contributed by atoms with E-state index in [9.17, 15) is 4.79 Å². The molecule has 0 fully saturated rings. The zero-order chi connectivity index (χ0) is 12.4. The Morgan fingerprint density at radius 2 is 2.28 bits per heavy atom. The molecule has 3 rings (SSSR count). The third-order valence-electron chi connectivity index (χ3n) is 2.16. The lowest BCUT2D eigenvalue weighted by molar-refractivity contribution is 0.0988. The Morgan fingerprint density at radius 3 is 3.00 bits per heavy atom. The summed E-state index contributed by atoms with van der Waals surface area (Å²) in [7, 11) is 0. The molecule has 0 saturated carbocycles. The molecule has 7 heteroatoms. The molecule has 3 aromatic rings. The minimum atomic E-state index is -0.348. The van der Waals surface area contributed by atoms with Crippen molar-refractivity contribution in [3.05, 3.63) is 40.9 Å². The van der Waals surface area contributed by atoms with Gasteiger partial charge in [-0.05, 0) is 11.4 Å². The highest BCUT2D eigenvalue weighted by Gasteiger charge is 2.12. The van der Waals surface area contributed by atoms with Crippen molar-refractivity contribution in [1.82, 2.24) is 10.1 Å². The van der Waals surface area contributed by atoms with Crippen molar-refractivity contribution in [2.45, 2.75) is 0 Å². The first-order valence-electron chi connectivity index (χ1n) is 5.04. The first kappa shape index (κ1) is 11.1. The van der Waals surface area contributed by atoms with Gasteiger partial charge in [0.1, 0.15) is 0 Å². The number of carbonyl (C=O) groups is 1. The standard InChI is InChI=1S/C11H7N3O2S2/c15-10(8-3-4-12-16-8)14-11-13-7(6-18-11)9-2-1-5-17-9/h1-6H,(H,13,14,15). The van der Waals surface area contributed by atoms with E-state index in [0.717, 1.165) is 10.6 Å². The molecule has 90 valence electrons. The third kappa shape index (κ3) is 2.18. The Bertz CT molecular complexity index is 644. The van der Waals surface area contributed by atoms with Crippen LogP contribution in [0.4, 0.5) is 5.13 Å². The van der Waals surface area contributed by atoms with Crippen molar-refractivity contribution in [1.29, 1.82) is 0 Å². The average Bonchev–Trinajstić information content (AvgIpc) is 3.12. The number of aromatic nitrogens is 2. The van der Waals surface area contributed by atoms with Crippen LogP contribution in [0, 0.1) is 0 Å². The van der Waals surface area contributed by atoms with Crippen LogP contribution in [0.25, 0.3) is 10.6 Å². The SMILES string of the molecule is O=C(Nc1nc(-c2cccs2)cs1)c1ccno1. The lowest BCUT2D eigenvalue weighted by atomic mass is 10.4. The Hall–Kier alpha value is -1.99. The van der Waals surface area contributed by atoms with Gasteiger partial charge < -0.3 is 4.52 Å². The molecule has 0 saturated heterocycles. The second kappa shape index (κ2) is 4.71. The molecule has 18 heavy (non-hydrogen) atoms. The summed E-state index contributed by atoms with van der Waals surface area (Å²) in [6.07, 6.45) is 1.42. The summed E-state index contributed by atoms with van der Waals surface area (Å²) in [5, 5.41) is 10.6. The molecule has 0 radical (unpaired) electrons. The van der Waals surface area contributed by atoms with E-state index in [-0.39, 0.29) is 11.7 Å². The summed E-state index contributed by atoms with van der Waals surface area (Å²) in [4.78, 5) is 17.1. The van der Waals surface area contributed by atoms with E-state index in [0.29, 0.717) is 5.13 Å². The van der Waals surface area contributed by atoms with Gasteiger partial charge in [-0.2, -0.15) is 0 Å². The van der Waals surface area contributed by atoms with Gasteiger partial charge in [-0.3, -0.25) is 10.1 Å². The Kier molecular flexibility index (Phi) is 2.91. The van der Waals surface area contributed by atoms with E-state index in [1.165, 1.54) is 23.6 Å². The molecule has 0 aliphatic carbocycles. The quantitative estimate of drug-likeness (QED) is 0.798. The van der Waals surface area contributed by atoms with Gasteiger partial charge in [0.05, 0.1) is 16.8 Å². The van der Waals surface area contributed by atoms with Crippen LogP contribution in [0.2, 0.25) is 0 Å². The maximum absolute atomic E-state index is 11.7. The van der Waals surface area contributed by atoms with Gasteiger partial charge in [-0.1, -0.05) is 11.2 Å². The number of rotatable bonds is 3. The molecule has 1 amide bonds. The number of thiazole rings is 1. The van der Waals surface area contributed by atoms with Gasteiger partial charge in [0.15, 0.2) is 5.13 Å². The van der Waals surface area contributed by atoms with Gasteiger partial charge in [0, 0.05) is 11.4 Å². The van der Waals surface area contributed by atoms with E-state index in [2.05, 4.69) is 15.5 Å². The first-order valence-corrected chi connectivity index (χ1v) is 6.80. The molecule has 0 spiro atoms. The number of carbonyl (C=O) groups excluding carboxylic acids is 1. The first-order chi connectivity index (χ1) is 8.83. The maximum atomic E-state index is 11.7. The van der Waals surface area contributed by atoms with Crippen molar-refractivity contribution >= 4 is 33.7 Å². The van der Waals surface area contributed by atoms with Crippen molar-refractivity contribution in [2.75, 3.05) is 5.32 Å². The smallest absolute Gasteiger partial charge is 0.296 e. The summed E-state index contributed by atoms with van der Waals surface area (Å²) in [5.74, 6) is -0.178. The van der Waals surface area contributed by atoms with Crippen LogP contribution in [-0.2, 0) is 0 Å². The summed E-state index contributed by atoms with van der Waals surface area (Å²) in [6.45, 7) is 0. The van der Waals surface area contributed by atoms with Crippen LogP contribution in [0.1, 0.15) is 10.6 Å². The average molecular weight is 277 g/mol. The highest BCUT2D eigenvalue weighted by molar-refractivity contribution is 7.16. The molecule has 0 bridgehead atoms. The third-order valence-corrected chi connectivity index (χ3v) is 3.81. The number of anilines is 1. The molecule has 0 atom stereocenters. The lowest BCUT2D eigenvalue weighted by Crippen LogP contribution is -2.10. The molecule has 1 N–H and O–H groups in total. The Balaban J connectivity index is 1.76. The molecule has 0 unspecified atom stereocenters. The minimum Gasteiger partial charge on any atom is -0.351 e. The Morgan fingerprint density at radius 1 is 1.33 bits per heavy atom. The summed E-state index contributed by atoms with van der Waals surface area (Å²) in [5.41, 5.74) is 0.864. The molecule has 3 heterocycles. The van der Waals surface area contributed by atoms with E-state index < -0.39 is 0 Å². The highest BCUT2D eigenvalue weighted by Crippen LogP contribution is 2.28. The molecule has 0 aliphatic rings. The van der Waals surface area contributed by atoms with E-state index >= 15 is 0 Å². The van der Waals surface area contributed by atoms with E-state index in [4.69, 9.17) is 4.52 Å². The molecule has 0 aromatic carbocycles. The number of hydrogen-bond donors (Lipinski definition) is 1. The Labute approximate surface area is 110 Å². The van der Waals surface area contributed by atoms with E-state index in [1.54, 1.807) is 11.3 Å². The van der Waals surface area contributed by atoms with Crippen LogP contribution < -0.4 is 5.32 Å². The summed E-state index contributed by atoms with van der Waals surface area (Å²) < 4.78 is 4.76. The van der Waals surface area contributed by atoms with Crippen molar-refractivity contribution in [3.63, 3.8) is 0 Å². The van der Waals surface area contributed by atoms with Crippen molar-refractivity contribution in [2.24, 2.45) is 0 Å². The molecule has 0 aliphatic heterocycles. The van der Waals surface area contributed by atoms with Crippen molar-refractivity contribution < 1.29 is 9.32 Å². The van der Waals surface area contributed by atoms with Gasteiger partial charge in [0.25, 0.3) is 5.91 Å². The zero-order valence-electron chi connectivity index (χ0n) is 8.99. The predicted molar refractivity (Wildman–Crippen MR) is 69.9 cm³/mol. The van der Waals surface area contributed by atoms with Crippen LogP contribution in [0.15, 0.2) is 39.7 Å². The van der Waals surface area contributed by atoms with Gasteiger partial charge >= 0.3 is 0 Å². The predicted octanol–water partition coefficient (Wildman–Crippen LogP) is 3.11. The topological polar surface area (TPSA) is 68.0 Å². The fraction of sp³-hybridized carbons (Fsp3) is 0.